The molecule has 0 aliphatic heterocycles. The molecular formula is C17H16ClN5. The van der Waals surface area contributed by atoms with Crippen molar-refractivity contribution in [3.63, 3.8) is 0 Å². The van der Waals surface area contributed by atoms with Crippen LogP contribution in [0.5, 0.6) is 0 Å². The number of benzene rings is 2. The zero-order valence-corrected chi connectivity index (χ0v) is 13.3. The SMILES string of the molecule is Cc1ccc(Nc2ncnc(Nc3ccccc3)c2N)cc1Cl. The Morgan fingerprint density at radius 2 is 1.57 bits per heavy atom. The topological polar surface area (TPSA) is 75.9 Å². The van der Waals surface area contributed by atoms with Gasteiger partial charge in [0.2, 0.25) is 0 Å². The summed E-state index contributed by atoms with van der Waals surface area (Å²) in [6.07, 6.45) is 1.46. The van der Waals surface area contributed by atoms with E-state index < -0.39 is 0 Å². The van der Waals surface area contributed by atoms with Crippen LogP contribution in [0, 0.1) is 6.92 Å². The van der Waals surface area contributed by atoms with Gasteiger partial charge in [0.15, 0.2) is 11.6 Å². The predicted octanol–water partition coefficient (Wildman–Crippen LogP) is 4.51. The Bertz CT molecular complexity index is 820. The van der Waals surface area contributed by atoms with E-state index in [4.69, 9.17) is 17.3 Å². The highest BCUT2D eigenvalue weighted by Gasteiger charge is 2.09. The first-order valence-corrected chi connectivity index (χ1v) is 7.47. The van der Waals surface area contributed by atoms with Crippen LogP contribution in [0.25, 0.3) is 0 Å². The highest BCUT2D eigenvalue weighted by molar-refractivity contribution is 6.31. The van der Waals surface area contributed by atoms with Crippen molar-refractivity contribution in [1.29, 1.82) is 0 Å². The Morgan fingerprint density at radius 3 is 2.22 bits per heavy atom. The fraction of sp³-hybridized carbons (Fsp3) is 0.0588. The van der Waals surface area contributed by atoms with Crippen molar-refractivity contribution in [3.8, 4) is 0 Å². The van der Waals surface area contributed by atoms with Crippen LogP contribution in [0.3, 0.4) is 0 Å². The molecule has 2 aromatic carbocycles. The van der Waals surface area contributed by atoms with Crippen molar-refractivity contribution in [2.45, 2.75) is 6.92 Å². The molecule has 0 fully saturated rings. The van der Waals surface area contributed by atoms with Crippen molar-refractivity contribution in [1.82, 2.24) is 9.97 Å². The van der Waals surface area contributed by atoms with Gasteiger partial charge in [0.05, 0.1) is 0 Å². The maximum atomic E-state index is 6.16. The molecule has 0 radical (unpaired) electrons. The first-order chi connectivity index (χ1) is 11.1. The average molecular weight is 326 g/mol. The Hall–Kier alpha value is -2.79. The maximum Gasteiger partial charge on any atom is 0.159 e. The van der Waals surface area contributed by atoms with Crippen molar-refractivity contribution < 1.29 is 0 Å². The molecule has 0 unspecified atom stereocenters. The zero-order valence-electron chi connectivity index (χ0n) is 12.5. The van der Waals surface area contributed by atoms with E-state index in [9.17, 15) is 0 Å². The third-order valence-electron chi connectivity index (χ3n) is 3.36. The number of anilines is 5. The van der Waals surface area contributed by atoms with Gasteiger partial charge in [0.1, 0.15) is 12.0 Å². The van der Waals surface area contributed by atoms with Crippen LogP contribution in [0.1, 0.15) is 5.56 Å². The van der Waals surface area contributed by atoms with E-state index in [1.165, 1.54) is 6.33 Å². The average Bonchev–Trinajstić information content (AvgIpc) is 2.56. The number of halogens is 1. The van der Waals surface area contributed by atoms with Gasteiger partial charge in [-0.05, 0) is 36.8 Å². The number of nitrogens with one attached hydrogen (secondary N) is 2. The molecule has 0 spiro atoms. The zero-order chi connectivity index (χ0) is 16.2. The van der Waals surface area contributed by atoms with E-state index >= 15 is 0 Å². The lowest BCUT2D eigenvalue weighted by Gasteiger charge is -2.13. The van der Waals surface area contributed by atoms with Crippen LogP contribution in [0.4, 0.5) is 28.7 Å². The molecule has 0 atom stereocenters. The number of hydrogen-bond donors (Lipinski definition) is 3. The first kappa shape index (κ1) is 15.1. The molecule has 0 saturated heterocycles. The highest BCUT2D eigenvalue weighted by Crippen LogP contribution is 2.29. The molecule has 5 nitrogen and oxygen atoms in total. The number of nitrogens with zero attached hydrogens (tertiary/aromatic N) is 2. The molecule has 1 heterocycles. The van der Waals surface area contributed by atoms with Crippen molar-refractivity contribution in [2.75, 3.05) is 16.4 Å². The summed E-state index contributed by atoms with van der Waals surface area (Å²) in [5.74, 6) is 1.07. The van der Waals surface area contributed by atoms with Crippen LogP contribution in [-0.2, 0) is 0 Å². The number of aromatic nitrogens is 2. The molecule has 0 amide bonds. The number of hydrogen-bond acceptors (Lipinski definition) is 5. The normalized spacial score (nSPS) is 10.3. The Morgan fingerprint density at radius 1 is 0.913 bits per heavy atom. The molecule has 0 aliphatic carbocycles. The van der Waals surface area contributed by atoms with E-state index in [-0.39, 0.29) is 0 Å². The Labute approximate surface area is 139 Å². The highest BCUT2D eigenvalue weighted by atomic mass is 35.5. The van der Waals surface area contributed by atoms with Gasteiger partial charge < -0.3 is 16.4 Å². The van der Waals surface area contributed by atoms with E-state index in [0.29, 0.717) is 22.3 Å². The summed E-state index contributed by atoms with van der Waals surface area (Å²) in [6, 6.07) is 15.4. The minimum Gasteiger partial charge on any atom is -0.393 e. The fourth-order valence-electron chi connectivity index (χ4n) is 2.06. The third kappa shape index (κ3) is 3.52. The molecule has 1 aromatic heterocycles. The Kier molecular flexibility index (Phi) is 4.30. The smallest absolute Gasteiger partial charge is 0.159 e. The van der Waals surface area contributed by atoms with Gasteiger partial charge >= 0.3 is 0 Å². The summed E-state index contributed by atoms with van der Waals surface area (Å²) in [5.41, 5.74) is 9.34. The van der Waals surface area contributed by atoms with Gasteiger partial charge in [-0.3, -0.25) is 0 Å². The van der Waals surface area contributed by atoms with Crippen molar-refractivity contribution >= 4 is 40.3 Å². The van der Waals surface area contributed by atoms with E-state index in [2.05, 4.69) is 20.6 Å². The van der Waals surface area contributed by atoms with Crippen LogP contribution in [0.15, 0.2) is 54.9 Å². The first-order valence-electron chi connectivity index (χ1n) is 7.09. The largest absolute Gasteiger partial charge is 0.393 e. The minimum atomic E-state index is 0.438. The lowest BCUT2D eigenvalue weighted by molar-refractivity contribution is 1.17. The van der Waals surface area contributed by atoms with Gasteiger partial charge in [0, 0.05) is 16.4 Å². The van der Waals surface area contributed by atoms with E-state index in [1.807, 2.05) is 55.5 Å². The maximum absolute atomic E-state index is 6.16. The van der Waals surface area contributed by atoms with Gasteiger partial charge in [-0.25, -0.2) is 9.97 Å². The van der Waals surface area contributed by atoms with Gasteiger partial charge in [0.25, 0.3) is 0 Å². The summed E-state index contributed by atoms with van der Waals surface area (Å²) >= 11 is 6.14. The molecule has 0 saturated carbocycles. The molecule has 3 aromatic rings. The monoisotopic (exact) mass is 325 g/mol. The minimum absolute atomic E-state index is 0.438. The predicted molar refractivity (Wildman–Crippen MR) is 95.6 cm³/mol. The molecule has 3 rings (SSSR count). The quantitative estimate of drug-likeness (QED) is 0.658. The second-order valence-corrected chi connectivity index (χ2v) is 5.47. The summed E-state index contributed by atoms with van der Waals surface area (Å²) < 4.78 is 0. The lowest BCUT2D eigenvalue weighted by Crippen LogP contribution is -2.05. The number of rotatable bonds is 4. The third-order valence-corrected chi connectivity index (χ3v) is 3.76. The number of aryl methyl sites for hydroxylation is 1. The second-order valence-electron chi connectivity index (χ2n) is 5.06. The van der Waals surface area contributed by atoms with E-state index in [1.54, 1.807) is 0 Å². The molecular weight excluding hydrogens is 310 g/mol. The molecule has 0 aliphatic rings. The van der Waals surface area contributed by atoms with Crippen LogP contribution < -0.4 is 16.4 Å². The molecule has 23 heavy (non-hydrogen) atoms. The molecule has 6 heteroatoms. The number of nitrogen functional groups attached to an aromatic ring is 1. The van der Waals surface area contributed by atoms with Crippen LogP contribution in [-0.4, -0.2) is 9.97 Å². The summed E-state index contributed by atoms with van der Waals surface area (Å²) in [4.78, 5) is 8.39. The Balaban J connectivity index is 1.86. The fourth-order valence-corrected chi connectivity index (χ4v) is 2.24. The molecule has 116 valence electrons. The second kappa shape index (κ2) is 6.54. The van der Waals surface area contributed by atoms with Gasteiger partial charge in [-0.1, -0.05) is 35.9 Å². The summed E-state index contributed by atoms with van der Waals surface area (Å²) in [7, 11) is 0. The van der Waals surface area contributed by atoms with Gasteiger partial charge in [-0.15, -0.1) is 0 Å². The van der Waals surface area contributed by atoms with Crippen molar-refractivity contribution in [2.24, 2.45) is 0 Å². The summed E-state index contributed by atoms with van der Waals surface area (Å²) in [6.45, 7) is 1.95. The van der Waals surface area contributed by atoms with E-state index in [0.717, 1.165) is 16.9 Å². The number of nitrogens with two attached hydrogens (primary N) is 1. The number of para-hydroxylation sites is 1. The summed E-state index contributed by atoms with van der Waals surface area (Å²) in [5, 5.41) is 7.03. The standard InChI is InChI=1S/C17H16ClN5/c1-11-7-8-13(9-14(11)18)23-17-15(19)16(20-10-21-17)22-12-5-3-2-4-6-12/h2-10H,19H2,1H3,(H2,20,21,22,23). The van der Waals surface area contributed by atoms with Gasteiger partial charge in [-0.2, -0.15) is 0 Å². The molecule has 4 N–H and O–H groups in total. The van der Waals surface area contributed by atoms with Crippen LogP contribution >= 0.6 is 11.6 Å². The van der Waals surface area contributed by atoms with Crippen LogP contribution in [0.2, 0.25) is 5.02 Å². The molecule has 0 bridgehead atoms. The van der Waals surface area contributed by atoms with Crippen molar-refractivity contribution in [3.05, 3.63) is 65.4 Å². The lowest BCUT2D eigenvalue weighted by atomic mass is 10.2.